The van der Waals surface area contributed by atoms with Crippen LogP contribution in [0.4, 0.5) is 4.39 Å². The van der Waals surface area contributed by atoms with E-state index in [1.54, 1.807) is 13.2 Å². The summed E-state index contributed by atoms with van der Waals surface area (Å²) in [4.78, 5) is 0. The van der Waals surface area contributed by atoms with Gasteiger partial charge in [-0.3, -0.25) is 0 Å². The molecule has 0 atom stereocenters. The molecule has 1 aliphatic carbocycles. The number of hydrogen-bond acceptors (Lipinski definition) is 3. The van der Waals surface area contributed by atoms with Crippen molar-refractivity contribution in [3.63, 3.8) is 0 Å². The predicted octanol–water partition coefficient (Wildman–Crippen LogP) is 2.74. The number of methoxy groups -OCH3 is 2. The Labute approximate surface area is 114 Å². The van der Waals surface area contributed by atoms with Crippen LogP contribution in [-0.2, 0) is 11.3 Å². The smallest absolute Gasteiger partial charge is 0.165 e. The molecule has 1 aromatic rings. The normalized spacial score (nSPS) is 17.0. The summed E-state index contributed by atoms with van der Waals surface area (Å²) < 4.78 is 23.7. The van der Waals surface area contributed by atoms with Gasteiger partial charge in [-0.1, -0.05) is 12.5 Å². The summed E-state index contributed by atoms with van der Waals surface area (Å²) in [6.45, 7) is 2.40. The third-order valence-electron chi connectivity index (χ3n) is 3.91. The van der Waals surface area contributed by atoms with Crippen LogP contribution in [0.5, 0.6) is 5.75 Å². The molecule has 0 heterocycles. The van der Waals surface area contributed by atoms with Crippen LogP contribution in [0.1, 0.15) is 24.8 Å². The number of halogens is 1. The highest BCUT2D eigenvalue weighted by Gasteiger charge is 2.36. The van der Waals surface area contributed by atoms with E-state index in [1.807, 2.05) is 6.07 Å². The zero-order valence-electron chi connectivity index (χ0n) is 11.7. The molecule has 0 spiro atoms. The van der Waals surface area contributed by atoms with Gasteiger partial charge in [0.25, 0.3) is 0 Å². The molecule has 19 heavy (non-hydrogen) atoms. The summed E-state index contributed by atoms with van der Waals surface area (Å²) in [6, 6.07) is 5.08. The van der Waals surface area contributed by atoms with Gasteiger partial charge in [0.2, 0.25) is 0 Å². The van der Waals surface area contributed by atoms with Crippen LogP contribution >= 0.6 is 0 Å². The van der Waals surface area contributed by atoms with Gasteiger partial charge in [0.05, 0.1) is 13.7 Å². The molecule has 0 unspecified atom stereocenters. The summed E-state index contributed by atoms with van der Waals surface area (Å²) >= 11 is 0. The van der Waals surface area contributed by atoms with Crippen LogP contribution in [0.3, 0.4) is 0 Å². The number of ether oxygens (including phenoxy) is 2. The van der Waals surface area contributed by atoms with Gasteiger partial charge in [-0.05, 0) is 30.5 Å². The topological polar surface area (TPSA) is 30.5 Å². The van der Waals surface area contributed by atoms with Crippen LogP contribution in [0.2, 0.25) is 0 Å². The highest BCUT2D eigenvalue weighted by atomic mass is 19.1. The van der Waals surface area contributed by atoms with Gasteiger partial charge in [0.1, 0.15) is 0 Å². The predicted molar refractivity (Wildman–Crippen MR) is 72.8 cm³/mol. The minimum atomic E-state index is -0.308. The Morgan fingerprint density at radius 2 is 2.11 bits per heavy atom. The molecule has 0 aliphatic heterocycles. The van der Waals surface area contributed by atoms with E-state index in [0.29, 0.717) is 17.7 Å². The van der Waals surface area contributed by atoms with Crippen molar-refractivity contribution >= 4 is 0 Å². The maximum Gasteiger partial charge on any atom is 0.165 e. The van der Waals surface area contributed by atoms with E-state index in [2.05, 4.69) is 5.32 Å². The number of rotatable bonds is 7. The Hall–Kier alpha value is -1.13. The van der Waals surface area contributed by atoms with Crippen molar-refractivity contribution in [1.29, 1.82) is 0 Å². The number of hydrogen-bond donors (Lipinski definition) is 1. The summed E-state index contributed by atoms with van der Waals surface area (Å²) in [6.07, 6.45) is 3.71. The lowest BCUT2D eigenvalue weighted by atomic mass is 9.69. The molecular formula is C15H22FNO2. The van der Waals surface area contributed by atoms with Crippen molar-refractivity contribution in [2.24, 2.45) is 5.41 Å². The van der Waals surface area contributed by atoms with E-state index in [4.69, 9.17) is 9.47 Å². The van der Waals surface area contributed by atoms with Crippen LogP contribution in [0.15, 0.2) is 18.2 Å². The molecule has 4 heteroatoms. The fraction of sp³-hybridized carbons (Fsp3) is 0.600. The fourth-order valence-corrected chi connectivity index (χ4v) is 2.65. The highest BCUT2D eigenvalue weighted by molar-refractivity contribution is 5.29. The SMILES string of the molecule is COCC1(CNCc2ccc(OC)c(F)c2)CCC1. The Morgan fingerprint density at radius 1 is 1.32 bits per heavy atom. The molecule has 0 saturated heterocycles. The minimum absolute atomic E-state index is 0.290. The summed E-state index contributed by atoms with van der Waals surface area (Å²) in [5.74, 6) is -0.0179. The first kappa shape index (κ1) is 14.3. The Bertz CT molecular complexity index is 419. The molecule has 1 N–H and O–H groups in total. The Morgan fingerprint density at radius 3 is 2.63 bits per heavy atom. The van der Waals surface area contributed by atoms with Crippen molar-refractivity contribution < 1.29 is 13.9 Å². The number of benzene rings is 1. The molecule has 1 saturated carbocycles. The van der Waals surface area contributed by atoms with Crippen molar-refractivity contribution in [1.82, 2.24) is 5.32 Å². The first-order valence-corrected chi connectivity index (χ1v) is 6.71. The van der Waals surface area contributed by atoms with E-state index in [9.17, 15) is 4.39 Å². The minimum Gasteiger partial charge on any atom is -0.494 e. The second-order valence-electron chi connectivity index (χ2n) is 5.36. The van der Waals surface area contributed by atoms with Gasteiger partial charge in [0, 0.05) is 25.6 Å². The van der Waals surface area contributed by atoms with Crippen LogP contribution < -0.4 is 10.1 Å². The first-order chi connectivity index (χ1) is 9.19. The third-order valence-corrected chi connectivity index (χ3v) is 3.91. The Kier molecular flexibility index (Phi) is 4.77. The summed E-state index contributed by atoms with van der Waals surface area (Å²) in [5.41, 5.74) is 1.23. The third kappa shape index (κ3) is 3.45. The lowest BCUT2D eigenvalue weighted by Gasteiger charge is -2.41. The molecule has 0 amide bonds. The average Bonchev–Trinajstić information content (AvgIpc) is 2.36. The van der Waals surface area contributed by atoms with Crippen molar-refractivity contribution in [2.45, 2.75) is 25.8 Å². The van der Waals surface area contributed by atoms with Crippen LogP contribution in [0.25, 0.3) is 0 Å². The monoisotopic (exact) mass is 267 g/mol. The first-order valence-electron chi connectivity index (χ1n) is 6.71. The second kappa shape index (κ2) is 6.35. The molecular weight excluding hydrogens is 245 g/mol. The molecule has 1 fully saturated rings. The lowest BCUT2D eigenvalue weighted by molar-refractivity contribution is 0.0177. The molecule has 106 valence electrons. The zero-order valence-corrected chi connectivity index (χ0v) is 11.7. The molecule has 2 rings (SSSR count). The van der Waals surface area contributed by atoms with Gasteiger partial charge in [-0.25, -0.2) is 4.39 Å². The molecule has 3 nitrogen and oxygen atoms in total. The number of nitrogens with one attached hydrogen (secondary N) is 1. The van der Waals surface area contributed by atoms with Crippen molar-refractivity contribution in [3.05, 3.63) is 29.6 Å². The van der Waals surface area contributed by atoms with E-state index in [1.165, 1.54) is 32.4 Å². The maximum absolute atomic E-state index is 13.5. The fourth-order valence-electron chi connectivity index (χ4n) is 2.65. The quantitative estimate of drug-likeness (QED) is 0.824. The second-order valence-corrected chi connectivity index (χ2v) is 5.36. The van der Waals surface area contributed by atoms with Gasteiger partial charge >= 0.3 is 0 Å². The average molecular weight is 267 g/mol. The maximum atomic E-state index is 13.5. The lowest BCUT2D eigenvalue weighted by Crippen LogP contribution is -2.43. The zero-order chi connectivity index (χ0) is 13.7. The van der Waals surface area contributed by atoms with Crippen LogP contribution in [0, 0.1) is 11.2 Å². The molecule has 1 aliphatic rings. The van der Waals surface area contributed by atoms with E-state index < -0.39 is 0 Å². The Balaban J connectivity index is 1.83. The van der Waals surface area contributed by atoms with Crippen molar-refractivity contribution in [3.8, 4) is 5.75 Å². The standard InChI is InChI=1S/C15H22FNO2/c1-18-11-15(6-3-7-15)10-17-9-12-4-5-14(19-2)13(16)8-12/h4-5,8,17H,3,6-7,9-11H2,1-2H3. The van der Waals surface area contributed by atoms with Gasteiger partial charge in [-0.2, -0.15) is 0 Å². The van der Waals surface area contributed by atoms with Crippen molar-refractivity contribution in [2.75, 3.05) is 27.4 Å². The van der Waals surface area contributed by atoms with Gasteiger partial charge in [-0.15, -0.1) is 0 Å². The largest absolute Gasteiger partial charge is 0.494 e. The van der Waals surface area contributed by atoms with E-state index >= 15 is 0 Å². The van der Waals surface area contributed by atoms with Crippen LogP contribution in [-0.4, -0.2) is 27.4 Å². The van der Waals surface area contributed by atoms with E-state index in [0.717, 1.165) is 18.7 Å². The van der Waals surface area contributed by atoms with Gasteiger partial charge in [0.15, 0.2) is 11.6 Å². The molecule has 0 radical (unpaired) electrons. The molecule has 1 aromatic carbocycles. The molecule has 0 bridgehead atoms. The molecule has 0 aromatic heterocycles. The highest BCUT2D eigenvalue weighted by Crippen LogP contribution is 2.40. The van der Waals surface area contributed by atoms with Gasteiger partial charge < -0.3 is 14.8 Å². The summed E-state index contributed by atoms with van der Waals surface area (Å²) in [7, 11) is 3.22. The summed E-state index contributed by atoms with van der Waals surface area (Å²) in [5, 5.41) is 3.41. The van der Waals surface area contributed by atoms with E-state index in [-0.39, 0.29) is 5.82 Å².